The van der Waals surface area contributed by atoms with Gasteiger partial charge in [-0.2, -0.15) is 0 Å². The van der Waals surface area contributed by atoms with E-state index in [4.69, 9.17) is 0 Å². The van der Waals surface area contributed by atoms with Gasteiger partial charge in [-0.3, -0.25) is 14.8 Å². The summed E-state index contributed by atoms with van der Waals surface area (Å²) in [5.41, 5.74) is 2.34. The number of benzene rings is 2. The molecule has 0 radical (unpaired) electrons. The number of carbonyl (C=O) groups is 1. The van der Waals surface area contributed by atoms with Crippen molar-refractivity contribution in [3.63, 3.8) is 0 Å². The van der Waals surface area contributed by atoms with Crippen LogP contribution in [-0.4, -0.2) is 30.3 Å². The van der Waals surface area contributed by atoms with Crippen LogP contribution < -0.4 is 10.0 Å². The molecule has 0 aliphatic heterocycles. The highest BCUT2D eigenvalue weighted by atomic mass is 32.2. The Labute approximate surface area is 190 Å². The number of nitrogens with one attached hydrogen (secondary N) is 2. The van der Waals surface area contributed by atoms with E-state index in [2.05, 4.69) is 34.1 Å². The van der Waals surface area contributed by atoms with Crippen LogP contribution in [0.2, 0.25) is 0 Å². The van der Waals surface area contributed by atoms with Crippen molar-refractivity contribution >= 4 is 49.8 Å². The Morgan fingerprint density at radius 2 is 1.81 bits per heavy atom. The molecule has 0 atom stereocenters. The molecule has 1 aromatic heterocycles. The van der Waals surface area contributed by atoms with E-state index in [-0.39, 0.29) is 10.8 Å². The average molecular weight is 477 g/mol. The Morgan fingerprint density at radius 1 is 1.10 bits per heavy atom. The fraction of sp³-hybridized carbons (Fsp3) is 0.286. The van der Waals surface area contributed by atoms with Gasteiger partial charge in [0.15, 0.2) is 4.34 Å². The van der Waals surface area contributed by atoms with Gasteiger partial charge in [0.1, 0.15) is 0 Å². The first kappa shape index (κ1) is 23.2. The molecule has 3 aromatic rings. The number of amides is 1. The summed E-state index contributed by atoms with van der Waals surface area (Å²) in [6, 6.07) is 11.4. The standard InChI is InChI=1S/C21H24N4O3S3/c1-13(2)12-29-21-24-23-20(30-21)22-19(26)16-8-7-15(4)18(11-16)25-31(27,28)17-9-5-14(3)6-10-17/h5-11,13,25H,12H2,1-4H3,(H,22,23,26). The quantitative estimate of drug-likeness (QED) is 0.352. The second-order valence-electron chi connectivity index (χ2n) is 7.48. The van der Waals surface area contributed by atoms with E-state index >= 15 is 0 Å². The summed E-state index contributed by atoms with van der Waals surface area (Å²) in [7, 11) is -3.77. The molecule has 0 saturated carbocycles. The molecule has 0 aliphatic carbocycles. The van der Waals surface area contributed by atoms with Gasteiger partial charge in [0, 0.05) is 11.3 Å². The van der Waals surface area contributed by atoms with Gasteiger partial charge < -0.3 is 0 Å². The van der Waals surface area contributed by atoms with Crippen molar-refractivity contribution in [3.8, 4) is 0 Å². The number of anilines is 2. The van der Waals surface area contributed by atoms with Crippen LogP contribution in [0.3, 0.4) is 0 Å². The Hall–Kier alpha value is -2.43. The van der Waals surface area contributed by atoms with Gasteiger partial charge in [-0.15, -0.1) is 10.2 Å². The number of carbonyl (C=O) groups excluding carboxylic acids is 1. The van der Waals surface area contributed by atoms with Crippen LogP contribution in [0.5, 0.6) is 0 Å². The molecule has 2 N–H and O–H groups in total. The van der Waals surface area contributed by atoms with Gasteiger partial charge in [-0.05, 0) is 49.6 Å². The summed E-state index contributed by atoms with van der Waals surface area (Å²) in [5, 5.41) is 11.2. The largest absolute Gasteiger partial charge is 0.296 e. The Balaban J connectivity index is 1.74. The number of nitrogens with zero attached hydrogens (tertiary/aromatic N) is 2. The van der Waals surface area contributed by atoms with Crippen LogP contribution >= 0.6 is 23.1 Å². The summed E-state index contributed by atoms with van der Waals surface area (Å²) >= 11 is 2.91. The van der Waals surface area contributed by atoms with Crippen LogP contribution in [0.15, 0.2) is 51.7 Å². The van der Waals surface area contributed by atoms with Crippen LogP contribution in [0.1, 0.15) is 35.3 Å². The van der Waals surface area contributed by atoms with Crippen molar-refractivity contribution in [1.29, 1.82) is 0 Å². The fourth-order valence-corrected chi connectivity index (χ4v) is 5.37. The summed E-state index contributed by atoms with van der Waals surface area (Å²) in [4.78, 5) is 12.8. The Morgan fingerprint density at radius 3 is 2.48 bits per heavy atom. The van der Waals surface area contributed by atoms with Crippen molar-refractivity contribution in [2.24, 2.45) is 5.92 Å². The first-order valence-electron chi connectivity index (χ1n) is 9.62. The molecule has 3 rings (SSSR count). The van der Waals surface area contributed by atoms with Gasteiger partial charge in [-0.25, -0.2) is 8.42 Å². The minimum absolute atomic E-state index is 0.160. The summed E-state index contributed by atoms with van der Waals surface area (Å²) < 4.78 is 28.8. The van der Waals surface area contributed by atoms with E-state index in [1.54, 1.807) is 55.1 Å². The monoisotopic (exact) mass is 476 g/mol. The lowest BCUT2D eigenvalue weighted by Gasteiger charge is -2.12. The number of rotatable bonds is 8. The van der Waals surface area contributed by atoms with Gasteiger partial charge in [0.05, 0.1) is 10.6 Å². The smallest absolute Gasteiger partial charge is 0.261 e. The average Bonchev–Trinajstić information content (AvgIpc) is 3.15. The topological polar surface area (TPSA) is 101 Å². The third kappa shape index (κ3) is 6.28. The molecule has 0 spiro atoms. The number of hydrogen-bond acceptors (Lipinski definition) is 7. The van der Waals surface area contributed by atoms with Crippen molar-refractivity contribution in [1.82, 2.24) is 10.2 Å². The highest BCUT2D eigenvalue weighted by molar-refractivity contribution is 8.01. The first-order chi connectivity index (χ1) is 14.6. The van der Waals surface area contributed by atoms with Gasteiger partial charge in [-0.1, -0.05) is 60.7 Å². The lowest BCUT2D eigenvalue weighted by molar-refractivity contribution is 0.102. The molecule has 10 heteroatoms. The fourth-order valence-electron chi connectivity index (χ4n) is 2.52. The number of aryl methyl sites for hydroxylation is 2. The second kappa shape index (κ2) is 9.80. The zero-order valence-corrected chi connectivity index (χ0v) is 20.1. The van der Waals surface area contributed by atoms with Crippen LogP contribution in [0, 0.1) is 19.8 Å². The lowest BCUT2D eigenvalue weighted by atomic mass is 10.1. The molecule has 2 aromatic carbocycles. The molecule has 0 bridgehead atoms. The Kier molecular flexibility index (Phi) is 7.34. The predicted molar refractivity (Wildman–Crippen MR) is 127 cm³/mol. The maximum absolute atomic E-state index is 12.7. The van der Waals surface area contributed by atoms with Crippen molar-refractivity contribution in [2.75, 3.05) is 15.8 Å². The normalized spacial score (nSPS) is 11.5. The zero-order chi connectivity index (χ0) is 22.6. The van der Waals surface area contributed by atoms with Gasteiger partial charge in [0.2, 0.25) is 5.13 Å². The molecule has 0 unspecified atom stereocenters. The van der Waals surface area contributed by atoms with E-state index in [1.807, 2.05) is 6.92 Å². The van der Waals surface area contributed by atoms with Crippen molar-refractivity contribution < 1.29 is 13.2 Å². The molecule has 164 valence electrons. The molecule has 31 heavy (non-hydrogen) atoms. The minimum Gasteiger partial charge on any atom is -0.296 e. The molecule has 1 heterocycles. The van der Waals surface area contributed by atoms with E-state index in [0.29, 0.717) is 27.9 Å². The molecule has 0 aliphatic rings. The SMILES string of the molecule is Cc1ccc(S(=O)(=O)Nc2cc(C(=O)Nc3nnc(SCC(C)C)s3)ccc2C)cc1. The molecular formula is C21H24N4O3S3. The molecule has 1 amide bonds. The summed E-state index contributed by atoms with van der Waals surface area (Å²) in [6.07, 6.45) is 0. The Bertz CT molecular complexity index is 1170. The number of aromatic nitrogens is 2. The number of thioether (sulfide) groups is 1. The minimum atomic E-state index is -3.77. The second-order valence-corrected chi connectivity index (χ2v) is 11.4. The molecule has 0 fully saturated rings. The van der Waals surface area contributed by atoms with Crippen LogP contribution in [0.25, 0.3) is 0 Å². The van der Waals surface area contributed by atoms with Crippen molar-refractivity contribution in [3.05, 3.63) is 59.2 Å². The van der Waals surface area contributed by atoms with E-state index in [0.717, 1.165) is 15.7 Å². The first-order valence-corrected chi connectivity index (χ1v) is 12.9. The highest BCUT2D eigenvalue weighted by Gasteiger charge is 2.17. The molecular weight excluding hydrogens is 452 g/mol. The van der Waals surface area contributed by atoms with Crippen molar-refractivity contribution in [2.45, 2.75) is 36.9 Å². The lowest BCUT2D eigenvalue weighted by Crippen LogP contribution is -2.16. The number of sulfonamides is 1. The van der Waals surface area contributed by atoms with Gasteiger partial charge in [0.25, 0.3) is 15.9 Å². The summed E-state index contributed by atoms with van der Waals surface area (Å²) in [5.74, 6) is 1.07. The van der Waals surface area contributed by atoms with E-state index < -0.39 is 10.0 Å². The third-order valence-electron chi connectivity index (χ3n) is 4.24. The van der Waals surface area contributed by atoms with Crippen LogP contribution in [0.4, 0.5) is 10.8 Å². The number of hydrogen-bond donors (Lipinski definition) is 2. The molecule has 0 saturated heterocycles. The maximum atomic E-state index is 12.7. The van der Waals surface area contributed by atoms with E-state index in [1.165, 1.54) is 17.4 Å². The maximum Gasteiger partial charge on any atom is 0.261 e. The van der Waals surface area contributed by atoms with Gasteiger partial charge >= 0.3 is 0 Å². The summed E-state index contributed by atoms with van der Waals surface area (Å²) in [6.45, 7) is 7.91. The zero-order valence-electron chi connectivity index (χ0n) is 17.7. The van der Waals surface area contributed by atoms with Crippen LogP contribution in [-0.2, 0) is 10.0 Å². The predicted octanol–water partition coefficient (Wildman–Crippen LogP) is 4.96. The highest BCUT2D eigenvalue weighted by Crippen LogP contribution is 2.28. The van der Waals surface area contributed by atoms with E-state index in [9.17, 15) is 13.2 Å². The molecule has 7 nitrogen and oxygen atoms in total. The third-order valence-corrected chi connectivity index (χ3v) is 8.02.